The van der Waals surface area contributed by atoms with Crippen molar-refractivity contribution in [2.24, 2.45) is 0 Å². The Morgan fingerprint density at radius 1 is 1.38 bits per heavy atom. The van der Waals surface area contributed by atoms with E-state index in [0.29, 0.717) is 5.75 Å². The van der Waals surface area contributed by atoms with Crippen molar-refractivity contribution in [3.63, 3.8) is 0 Å². The molecule has 0 aliphatic heterocycles. The number of ether oxygens (including phenoxy) is 1. The van der Waals surface area contributed by atoms with Crippen LogP contribution in [0.15, 0.2) is 42.6 Å². The van der Waals surface area contributed by atoms with Gasteiger partial charge in [-0.1, -0.05) is 12.1 Å². The highest BCUT2D eigenvalue weighted by molar-refractivity contribution is 5.97. The predicted molar refractivity (Wildman–Crippen MR) is 91.9 cm³/mol. The number of carbonyl (C=O) groups is 1. The van der Waals surface area contributed by atoms with Crippen molar-refractivity contribution in [2.45, 2.75) is 26.6 Å². The fourth-order valence-electron chi connectivity index (χ4n) is 2.45. The molecule has 3 aromatic rings. The van der Waals surface area contributed by atoms with E-state index in [4.69, 9.17) is 9.84 Å². The molecule has 6 nitrogen and oxygen atoms in total. The summed E-state index contributed by atoms with van der Waals surface area (Å²) in [7, 11) is 0. The standard InChI is InChI=1S/C18H19N3O3/c1-11-6-14-9-19-21-17(14)8-16(11)20-18(23)12(2)24-15-5-3-4-13(7-15)10-22/h3-9,12,22H,10H2,1-2H3,(H,19,21)(H,20,23). The zero-order valence-corrected chi connectivity index (χ0v) is 13.5. The minimum Gasteiger partial charge on any atom is -0.481 e. The number of carbonyl (C=O) groups excluding carboxylic acids is 1. The van der Waals surface area contributed by atoms with Gasteiger partial charge in [0.25, 0.3) is 5.91 Å². The van der Waals surface area contributed by atoms with Crippen LogP contribution in [0.4, 0.5) is 5.69 Å². The number of aliphatic hydroxyl groups is 1. The van der Waals surface area contributed by atoms with Gasteiger partial charge in [0, 0.05) is 11.1 Å². The number of anilines is 1. The quantitative estimate of drug-likeness (QED) is 0.673. The fraction of sp³-hybridized carbons (Fsp3) is 0.222. The lowest BCUT2D eigenvalue weighted by Crippen LogP contribution is -2.30. The van der Waals surface area contributed by atoms with Gasteiger partial charge >= 0.3 is 0 Å². The molecule has 0 aliphatic rings. The van der Waals surface area contributed by atoms with E-state index >= 15 is 0 Å². The van der Waals surface area contributed by atoms with Crippen LogP contribution < -0.4 is 10.1 Å². The molecule has 124 valence electrons. The van der Waals surface area contributed by atoms with Gasteiger partial charge in [0.2, 0.25) is 0 Å². The van der Waals surface area contributed by atoms with Gasteiger partial charge in [-0.15, -0.1) is 0 Å². The maximum absolute atomic E-state index is 12.4. The van der Waals surface area contributed by atoms with Crippen LogP contribution in [-0.4, -0.2) is 27.3 Å². The number of hydrogen-bond donors (Lipinski definition) is 3. The van der Waals surface area contributed by atoms with E-state index in [9.17, 15) is 4.79 Å². The first-order valence-electron chi connectivity index (χ1n) is 7.68. The van der Waals surface area contributed by atoms with Gasteiger partial charge in [0.05, 0.1) is 18.3 Å². The average molecular weight is 325 g/mol. The molecule has 3 N–H and O–H groups in total. The topological polar surface area (TPSA) is 87.2 Å². The molecule has 24 heavy (non-hydrogen) atoms. The zero-order chi connectivity index (χ0) is 17.1. The number of nitrogens with zero attached hydrogens (tertiary/aromatic N) is 1. The van der Waals surface area contributed by atoms with Crippen molar-refractivity contribution < 1.29 is 14.6 Å². The highest BCUT2D eigenvalue weighted by atomic mass is 16.5. The van der Waals surface area contributed by atoms with Crippen LogP contribution >= 0.6 is 0 Å². The van der Waals surface area contributed by atoms with Gasteiger partial charge in [-0.2, -0.15) is 5.10 Å². The third kappa shape index (κ3) is 3.38. The number of aryl methyl sites for hydroxylation is 1. The predicted octanol–water partition coefficient (Wildman–Crippen LogP) is 2.77. The van der Waals surface area contributed by atoms with Crippen molar-refractivity contribution in [3.8, 4) is 5.75 Å². The van der Waals surface area contributed by atoms with Crippen LogP contribution in [0.2, 0.25) is 0 Å². The molecular formula is C18H19N3O3. The summed E-state index contributed by atoms with van der Waals surface area (Å²) in [5, 5.41) is 19.9. The lowest BCUT2D eigenvalue weighted by atomic mass is 10.1. The molecule has 0 saturated carbocycles. The molecule has 1 atom stereocenters. The summed E-state index contributed by atoms with van der Waals surface area (Å²) in [6.45, 7) is 3.55. The summed E-state index contributed by atoms with van der Waals surface area (Å²) in [5.74, 6) is 0.302. The summed E-state index contributed by atoms with van der Waals surface area (Å²) in [4.78, 5) is 12.4. The summed E-state index contributed by atoms with van der Waals surface area (Å²) in [6, 6.07) is 10.9. The van der Waals surface area contributed by atoms with Crippen LogP contribution in [0.1, 0.15) is 18.1 Å². The summed E-state index contributed by atoms with van der Waals surface area (Å²) >= 11 is 0. The minimum atomic E-state index is -0.671. The van der Waals surface area contributed by atoms with Gasteiger partial charge in [0.15, 0.2) is 6.10 Å². The lowest BCUT2D eigenvalue weighted by Gasteiger charge is -2.16. The Bertz CT molecular complexity index is 873. The number of aromatic nitrogens is 2. The van der Waals surface area contributed by atoms with Gasteiger partial charge in [0.1, 0.15) is 5.75 Å². The van der Waals surface area contributed by atoms with E-state index in [1.807, 2.05) is 19.1 Å². The Morgan fingerprint density at radius 2 is 2.21 bits per heavy atom. The summed E-state index contributed by atoms with van der Waals surface area (Å²) < 4.78 is 5.66. The molecule has 0 bridgehead atoms. The highest BCUT2D eigenvalue weighted by Gasteiger charge is 2.16. The molecule has 0 fully saturated rings. The van der Waals surface area contributed by atoms with Crippen molar-refractivity contribution in [2.75, 3.05) is 5.32 Å². The molecule has 1 amide bonds. The zero-order valence-electron chi connectivity index (χ0n) is 13.5. The van der Waals surface area contributed by atoms with Crippen LogP contribution in [-0.2, 0) is 11.4 Å². The second-order valence-electron chi connectivity index (χ2n) is 5.68. The number of aromatic amines is 1. The van der Waals surface area contributed by atoms with Gasteiger partial charge < -0.3 is 15.2 Å². The number of benzene rings is 2. The first-order valence-corrected chi connectivity index (χ1v) is 7.68. The second-order valence-corrected chi connectivity index (χ2v) is 5.68. The van der Waals surface area contributed by atoms with Crippen LogP contribution in [0, 0.1) is 6.92 Å². The maximum Gasteiger partial charge on any atom is 0.265 e. The van der Waals surface area contributed by atoms with E-state index in [1.54, 1.807) is 37.4 Å². The molecule has 0 radical (unpaired) electrons. The monoisotopic (exact) mass is 325 g/mol. The number of hydrogen-bond acceptors (Lipinski definition) is 4. The molecule has 0 spiro atoms. The van der Waals surface area contributed by atoms with Crippen LogP contribution in [0.5, 0.6) is 5.75 Å². The van der Waals surface area contributed by atoms with E-state index in [1.165, 1.54) is 0 Å². The third-order valence-corrected chi connectivity index (χ3v) is 3.81. The number of aliphatic hydroxyl groups excluding tert-OH is 1. The molecule has 1 heterocycles. The number of rotatable bonds is 5. The van der Waals surface area contributed by atoms with E-state index < -0.39 is 6.10 Å². The van der Waals surface area contributed by atoms with E-state index in [2.05, 4.69) is 15.5 Å². The number of amides is 1. The first-order chi connectivity index (χ1) is 11.6. The molecule has 1 aromatic heterocycles. The van der Waals surface area contributed by atoms with Gasteiger partial charge in [-0.05, 0) is 49.2 Å². The van der Waals surface area contributed by atoms with Crippen molar-refractivity contribution >= 4 is 22.5 Å². The smallest absolute Gasteiger partial charge is 0.265 e. The van der Waals surface area contributed by atoms with Crippen molar-refractivity contribution in [1.82, 2.24) is 10.2 Å². The van der Waals surface area contributed by atoms with E-state index in [-0.39, 0.29) is 12.5 Å². The SMILES string of the molecule is Cc1cc2cn[nH]c2cc1NC(=O)C(C)Oc1cccc(CO)c1. The van der Waals surface area contributed by atoms with E-state index in [0.717, 1.165) is 27.7 Å². The number of nitrogens with one attached hydrogen (secondary N) is 2. The Hall–Kier alpha value is -2.86. The Labute approximate surface area is 139 Å². The lowest BCUT2D eigenvalue weighted by molar-refractivity contribution is -0.122. The molecule has 3 rings (SSSR count). The van der Waals surface area contributed by atoms with Gasteiger partial charge in [-0.3, -0.25) is 9.89 Å². The fourth-order valence-corrected chi connectivity index (χ4v) is 2.45. The van der Waals surface area contributed by atoms with Crippen molar-refractivity contribution in [1.29, 1.82) is 0 Å². The molecule has 2 aromatic carbocycles. The Kier molecular flexibility index (Phi) is 4.48. The first kappa shape index (κ1) is 16.0. The Morgan fingerprint density at radius 3 is 3.00 bits per heavy atom. The average Bonchev–Trinajstić information content (AvgIpc) is 3.02. The van der Waals surface area contributed by atoms with Crippen LogP contribution in [0.25, 0.3) is 10.9 Å². The largest absolute Gasteiger partial charge is 0.481 e. The molecule has 0 aliphatic carbocycles. The normalized spacial score (nSPS) is 12.1. The maximum atomic E-state index is 12.4. The molecule has 6 heteroatoms. The summed E-state index contributed by atoms with van der Waals surface area (Å²) in [6.07, 6.45) is 1.07. The van der Waals surface area contributed by atoms with Crippen molar-refractivity contribution in [3.05, 3.63) is 53.7 Å². The molecule has 0 saturated heterocycles. The minimum absolute atomic E-state index is 0.0683. The highest BCUT2D eigenvalue weighted by Crippen LogP contribution is 2.22. The summed E-state index contributed by atoms with van der Waals surface area (Å²) in [5.41, 5.74) is 3.27. The Balaban J connectivity index is 1.71. The molecule has 1 unspecified atom stereocenters. The molecular weight excluding hydrogens is 306 g/mol. The second kappa shape index (κ2) is 6.72. The third-order valence-electron chi connectivity index (χ3n) is 3.81. The van der Waals surface area contributed by atoms with Crippen LogP contribution in [0.3, 0.4) is 0 Å². The number of H-pyrrole nitrogens is 1. The van der Waals surface area contributed by atoms with Gasteiger partial charge in [-0.25, -0.2) is 0 Å². The number of fused-ring (bicyclic) bond motifs is 1.